The first-order chi connectivity index (χ1) is 14.1. The number of carbonyl (C=O) groups is 1. The summed E-state index contributed by atoms with van der Waals surface area (Å²) in [7, 11) is 0. The Morgan fingerprint density at radius 1 is 1.10 bits per heavy atom. The number of carbonyl (C=O) groups excluding carboxylic acids is 1. The molecule has 4 rings (SSSR count). The van der Waals surface area contributed by atoms with E-state index >= 15 is 0 Å². The predicted molar refractivity (Wildman–Crippen MR) is 110 cm³/mol. The highest BCUT2D eigenvalue weighted by molar-refractivity contribution is 5.97. The second kappa shape index (κ2) is 8.55. The van der Waals surface area contributed by atoms with Gasteiger partial charge in [-0.1, -0.05) is 43.9 Å². The molecule has 0 unspecified atom stereocenters. The van der Waals surface area contributed by atoms with Gasteiger partial charge in [0.25, 0.3) is 11.5 Å². The van der Waals surface area contributed by atoms with E-state index in [-0.39, 0.29) is 24.1 Å². The number of benzene rings is 1. The van der Waals surface area contributed by atoms with Gasteiger partial charge in [0.2, 0.25) is 0 Å². The summed E-state index contributed by atoms with van der Waals surface area (Å²) in [4.78, 5) is 30.4. The van der Waals surface area contributed by atoms with Gasteiger partial charge in [0.05, 0.1) is 6.54 Å². The van der Waals surface area contributed by atoms with E-state index in [1.165, 1.54) is 23.5 Å². The Morgan fingerprint density at radius 3 is 2.62 bits per heavy atom. The number of nitrogens with zero attached hydrogens (tertiary/aromatic N) is 2. The van der Waals surface area contributed by atoms with E-state index < -0.39 is 11.4 Å². The molecule has 0 spiro atoms. The third-order valence-electron chi connectivity index (χ3n) is 5.57. The number of aromatic nitrogens is 2. The molecule has 1 aliphatic rings. The number of halogens is 1. The second-order valence-electron chi connectivity index (χ2n) is 7.62. The lowest BCUT2D eigenvalue weighted by Gasteiger charge is -2.17. The van der Waals surface area contributed by atoms with Crippen LogP contribution in [0.2, 0.25) is 0 Å². The first-order valence-electron chi connectivity index (χ1n) is 10.2. The van der Waals surface area contributed by atoms with Crippen LogP contribution >= 0.6 is 0 Å². The minimum Gasteiger partial charge on any atom is -0.349 e. The number of pyridine rings is 2. The molecule has 2 heterocycles. The lowest BCUT2D eigenvalue weighted by Crippen LogP contribution is -2.39. The summed E-state index contributed by atoms with van der Waals surface area (Å²) < 4.78 is 15.6. The van der Waals surface area contributed by atoms with Crippen molar-refractivity contribution in [2.75, 3.05) is 0 Å². The average molecular weight is 393 g/mol. The summed E-state index contributed by atoms with van der Waals surface area (Å²) in [5, 5.41) is 3.71. The number of rotatable bonds is 4. The molecule has 2 aromatic heterocycles. The summed E-state index contributed by atoms with van der Waals surface area (Å²) in [5.41, 5.74) is 0.436. The van der Waals surface area contributed by atoms with Gasteiger partial charge in [-0.15, -0.1) is 0 Å². The molecule has 3 aromatic rings. The highest BCUT2D eigenvalue weighted by atomic mass is 19.1. The third-order valence-corrected chi connectivity index (χ3v) is 5.57. The minimum absolute atomic E-state index is 0.0174. The van der Waals surface area contributed by atoms with Gasteiger partial charge in [-0.25, -0.2) is 9.37 Å². The number of hydrogen-bond donors (Lipinski definition) is 1. The molecule has 5 nitrogen and oxygen atoms in total. The van der Waals surface area contributed by atoms with Gasteiger partial charge in [-0.3, -0.25) is 14.2 Å². The van der Waals surface area contributed by atoms with E-state index in [1.54, 1.807) is 36.5 Å². The van der Waals surface area contributed by atoms with Crippen LogP contribution < -0.4 is 10.9 Å². The molecule has 1 fully saturated rings. The van der Waals surface area contributed by atoms with Crippen molar-refractivity contribution < 1.29 is 9.18 Å². The van der Waals surface area contributed by atoms with Crippen LogP contribution in [0.3, 0.4) is 0 Å². The predicted octanol–water partition coefficient (Wildman–Crippen LogP) is 4.04. The van der Waals surface area contributed by atoms with Crippen molar-refractivity contribution in [3.05, 3.63) is 76.0 Å². The van der Waals surface area contributed by atoms with Gasteiger partial charge in [0, 0.05) is 23.2 Å². The third kappa shape index (κ3) is 4.21. The smallest absolute Gasteiger partial charge is 0.265 e. The Hall–Kier alpha value is -3.02. The van der Waals surface area contributed by atoms with Crippen molar-refractivity contribution in [3.63, 3.8) is 0 Å². The first-order valence-corrected chi connectivity index (χ1v) is 10.2. The summed E-state index contributed by atoms with van der Waals surface area (Å²) >= 11 is 0. The van der Waals surface area contributed by atoms with Crippen molar-refractivity contribution in [1.82, 2.24) is 14.9 Å². The molecule has 6 heteroatoms. The molecule has 150 valence electrons. The number of amides is 1. The van der Waals surface area contributed by atoms with Gasteiger partial charge in [-0.05, 0) is 37.1 Å². The van der Waals surface area contributed by atoms with Gasteiger partial charge in [-0.2, -0.15) is 0 Å². The maximum absolute atomic E-state index is 14.2. The summed E-state index contributed by atoms with van der Waals surface area (Å²) in [6.07, 6.45) is 8.00. The molecular formula is C23H24FN3O2. The maximum atomic E-state index is 14.2. The number of hydrogen-bond acceptors (Lipinski definition) is 3. The van der Waals surface area contributed by atoms with Gasteiger partial charge < -0.3 is 5.32 Å². The SMILES string of the molecule is O=C(NC1CCCCCC1)c1cc2cccnc2n(Cc2ccccc2F)c1=O. The van der Waals surface area contributed by atoms with E-state index in [9.17, 15) is 14.0 Å². The molecule has 1 aliphatic carbocycles. The maximum Gasteiger partial charge on any atom is 0.265 e. The van der Waals surface area contributed by atoms with Crippen LogP contribution in [0.5, 0.6) is 0 Å². The van der Waals surface area contributed by atoms with Crippen molar-refractivity contribution in [3.8, 4) is 0 Å². The summed E-state index contributed by atoms with van der Waals surface area (Å²) in [5.74, 6) is -0.758. The molecular weight excluding hydrogens is 369 g/mol. The van der Waals surface area contributed by atoms with Crippen molar-refractivity contribution in [2.45, 2.75) is 51.1 Å². The topological polar surface area (TPSA) is 64.0 Å². The van der Waals surface area contributed by atoms with Crippen LogP contribution in [0.1, 0.15) is 54.4 Å². The summed E-state index contributed by atoms with van der Waals surface area (Å²) in [6, 6.07) is 11.6. The monoisotopic (exact) mass is 393 g/mol. The molecule has 0 radical (unpaired) electrons. The van der Waals surface area contributed by atoms with Gasteiger partial charge in [0.1, 0.15) is 17.0 Å². The number of fused-ring (bicyclic) bond motifs is 1. The quantitative estimate of drug-likeness (QED) is 0.681. The Kier molecular flexibility index (Phi) is 5.69. The van der Waals surface area contributed by atoms with E-state index in [0.717, 1.165) is 25.7 Å². The average Bonchev–Trinajstić information content (AvgIpc) is 3.00. The Bertz CT molecular complexity index is 1080. The van der Waals surface area contributed by atoms with Crippen LogP contribution in [-0.4, -0.2) is 21.5 Å². The van der Waals surface area contributed by atoms with Crippen LogP contribution in [0.4, 0.5) is 4.39 Å². The zero-order valence-corrected chi connectivity index (χ0v) is 16.2. The highest BCUT2D eigenvalue weighted by Crippen LogP contribution is 2.18. The van der Waals surface area contributed by atoms with Crippen LogP contribution in [0.25, 0.3) is 11.0 Å². The normalized spacial score (nSPS) is 15.2. The standard InChI is InChI=1S/C23H24FN3O2/c24-20-12-6-5-8-17(20)15-27-21-16(9-7-13-25-21)14-19(23(27)29)22(28)26-18-10-3-1-2-4-11-18/h5-9,12-14,18H,1-4,10-11,15H2,(H,26,28). The largest absolute Gasteiger partial charge is 0.349 e. The fourth-order valence-electron chi connectivity index (χ4n) is 4.00. The highest BCUT2D eigenvalue weighted by Gasteiger charge is 2.21. The molecule has 0 saturated heterocycles. The van der Waals surface area contributed by atoms with E-state index in [4.69, 9.17) is 0 Å². The van der Waals surface area contributed by atoms with E-state index in [1.807, 2.05) is 6.07 Å². The zero-order chi connectivity index (χ0) is 20.2. The Morgan fingerprint density at radius 2 is 1.86 bits per heavy atom. The second-order valence-corrected chi connectivity index (χ2v) is 7.62. The van der Waals surface area contributed by atoms with E-state index in [2.05, 4.69) is 10.3 Å². The minimum atomic E-state index is -0.453. The van der Waals surface area contributed by atoms with Gasteiger partial charge >= 0.3 is 0 Å². The lowest BCUT2D eigenvalue weighted by atomic mass is 10.1. The summed E-state index contributed by atoms with van der Waals surface area (Å²) in [6.45, 7) is 0.0174. The fourth-order valence-corrected chi connectivity index (χ4v) is 4.00. The van der Waals surface area contributed by atoms with Crippen LogP contribution in [-0.2, 0) is 6.54 Å². The molecule has 0 atom stereocenters. The molecule has 1 N–H and O–H groups in total. The molecule has 0 aliphatic heterocycles. The molecule has 1 saturated carbocycles. The lowest BCUT2D eigenvalue weighted by molar-refractivity contribution is 0.0931. The van der Waals surface area contributed by atoms with Gasteiger partial charge in [0.15, 0.2) is 0 Å². The first kappa shape index (κ1) is 19.3. The van der Waals surface area contributed by atoms with Crippen molar-refractivity contribution in [1.29, 1.82) is 0 Å². The van der Waals surface area contributed by atoms with Crippen LogP contribution in [0.15, 0.2) is 53.5 Å². The van der Waals surface area contributed by atoms with Crippen LogP contribution in [0, 0.1) is 5.82 Å². The fraction of sp³-hybridized carbons (Fsp3) is 0.348. The van der Waals surface area contributed by atoms with E-state index in [0.29, 0.717) is 16.6 Å². The molecule has 1 amide bonds. The van der Waals surface area contributed by atoms with Crippen molar-refractivity contribution in [2.24, 2.45) is 0 Å². The van der Waals surface area contributed by atoms with Crippen molar-refractivity contribution >= 4 is 16.9 Å². The molecule has 29 heavy (non-hydrogen) atoms. The zero-order valence-electron chi connectivity index (χ0n) is 16.2. The molecule has 1 aromatic carbocycles. The Labute approximate surface area is 168 Å². The Balaban J connectivity index is 1.73. The molecule has 0 bridgehead atoms. The number of nitrogens with one attached hydrogen (secondary N) is 1.